The molecule has 2 amide bonds. The third-order valence-corrected chi connectivity index (χ3v) is 7.25. The van der Waals surface area contributed by atoms with E-state index < -0.39 is 0 Å². The van der Waals surface area contributed by atoms with E-state index in [1.807, 2.05) is 13.8 Å². The molecule has 1 N–H and O–H groups in total. The molecule has 5 nitrogen and oxygen atoms in total. The van der Waals surface area contributed by atoms with E-state index >= 15 is 0 Å². The summed E-state index contributed by atoms with van der Waals surface area (Å²) in [6, 6.07) is 0. The number of likely N-dealkylation sites (tertiary alicyclic amines) is 1. The van der Waals surface area contributed by atoms with Gasteiger partial charge in [0.1, 0.15) is 4.88 Å². The Hall–Kier alpha value is -1.69. The van der Waals surface area contributed by atoms with Crippen LogP contribution in [0.2, 0.25) is 0 Å². The number of thiazole rings is 1. The van der Waals surface area contributed by atoms with Crippen LogP contribution < -0.4 is 5.32 Å². The van der Waals surface area contributed by atoms with Gasteiger partial charge in [-0.3, -0.25) is 9.59 Å². The Bertz CT molecular complexity index is 733. The summed E-state index contributed by atoms with van der Waals surface area (Å²) in [5, 5.41) is 3.99. The van der Waals surface area contributed by atoms with E-state index in [9.17, 15) is 9.59 Å². The fourth-order valence-corrected chi connectivity index (χ4v) is 5.55. The maximum Gasteiger partial charge on any atom is 0.263 e. The molecule has 26 heavy (non-hydrogen) atoms. The summed E-state index contributed by atoms with van der Waals surface area (Å²) in [6.45, 7) is 6.15. The highest BCUT2D eigenvalue weighted by atomic mass is 32.1. The molecule has 2 fully saturated rings. The van der Waals surface area contributed by atoms with E-state index in [4.69, 9.17) is 0 Å². The third kappa shape index (κ3) is 3.43. The molecule has 2 heterocycles. The second kappa shape index (κ2) is 7.14. The normalized spacial score (nSPS) is 27.9. The first-order valence-corrected chi connectivity index (χ1v) is 10.5. The molecule has 6 heteroatoms. The number of nitrogens with zero attached hydrogens (tertiary/aromatic N) is 2. The lowest BCUT2D eigenvalue weighted by Gasteiger charge is -2.34. The molecule has 4 rings (SSSR count). The van der Waals surface area contributed by atoms with Gasteiger partial charge in [0.25, 0.3) is 5.91 Å². The van der Waals surface area contributed by atoms with E-state index in [1.54, 1.807) is 0 Å². The second-order valence-corrected chi connectivity index (χ2v) is 9.22. The van der Waals surface area contributed by atoms with Crippen LogP contribution in [0.25, 0.3) is 0 Å². The Balaban J connectivity index is 1.24. The first-order chi connectivity index (χ1) is 12.5. The van der Waals surface area contributed by atoms with Gasteiger partial charge >= 0.3 is 0 Å². The Kier molecular flexibility index (Phi) is 4.86. The van der Waals surface area contributed by atoms with Gasteiger partial charge in [0.2, 0.25) is 5.91 Å². The SMILES string of the molecule is Cc1nc(C)c(C(=O)NCC2CCN(C(=O)[C@H]3C[C@@H]4C=C[C@H]3C4)CC2)s1. The summed E-state index contributed by atoms with van der Waals surface area (Å²) >= 11 is 1.45. The molecule has 3 aliphatic rings. The number of hydrogen-bond donors (Lipinski definition) is 1. The highest BCUT2D eigenvalue weighted by Gasteiger charge is 2.41. The minimum atomic E-state index is -0.0135. The van der Waals surface area contributed by atoms with Crippen molar-refractivity contribution >= 4 is 23.2 Å². The largest absolute Gasteiger partial charge is 0.351 e. The van der Waals surface area contributed by atoms with Crippen LogP contribution in [0.3, 0.4) is 0 Å². The van der Waals surface area contributed by atoms with Gasteiger partial charge in [0.05, 0.1) is 10.7 Å². The van der Waals surface area contributed by atoms with Crippen LogP contribution in [0, 0.1) is 37.5 Å². The zero-order valence-corrected chi connectivity index (χ0v) is 16.3. The van der Waals surface area contributed by atoms with Crippen LogP contribution >= 0.6 is 11.3 Å². The Morgan fingerprint density at radius 1 is 1.23 bits per heavy atom. The van der Waals surface area contributed by atoms with Gasteiger partial charge in [-0.1, -0.05) is 12.2 Å². The van der Waals surface area contributed by atoms with Gasteiger partial charge in [-0.15, -0.1) is 11.3 Å². The zero-order chi connectivity index (χ0) is 18.3. The fraction of sp³-hybridized carbons (Fsp3) is 0.650. The highest BCUT2D eigenvalue weighted by molar-refractivity contribution is 7.13. The van der Waals surface area contributed by atoms with Crippen LogP contribution in [0.1, 0.15) is 46.1 Å². The van der Waals surface area contributed by atoms with Crippen molar-refractivity contribution in [2.24, 2.45) is 23.7 Å². The Morgan fingerprint density at radius 3 is 2.58 bits per heavy atom. The number of piperidine rings is 1. The number of hydrogen-bond acceptors (Lipinski definition) is 4. The number of carbonyl (C=O) groups is 2. The number of aryl methyl sites for hydroxylation is 2. The molecule has 1 aliphatic heterocycles. The molecular weight excluding hydrogens is 346 g/mol. The maximum atomic E-state index is 12.8. The van der Waals surface area contributed by atoms with Gasteiger partial charge in [-0.2, -0.15) is 0 Å². The molecule has 1 aromatic heterocycles. The highest BCUT2D eigenvalue weighted by Crippen LogP contribution is 2.44. The van der Waals surface area contributed by atoms with Crippen molar-refractivity contribution < 1.29 is 9.59 Å². The van der Waals surface area contributed by atoms with E-state index in [2.05, 4.69) is 27.4 Å². The predicted octanol–water partition coefficient (Wildman–Crippen LogP) is 2.94. The lowest BCUT2D eigenvalue weighted by atomic mass is 9.90. The summed E-state index contributed by atoms with van der Waals surface area (Å²) in [6.07, 6.45) is 8.71. The molecule has 140 valence electrons. The molecule has 0 aromatic carbocycles. The van der Waals surface area contributed by atoms with Gasteiger partial charge in [0.15, 0.2) is 0 Å². The second-order valence-electron chi connectivity index (χ2n) is 8.01. The topological polar surface area (TPSA) is 62.3 Å². The van der Waals surface area contributed by atoms with Crippen molar-refractivity contribution in [1.82, 2.24) is 15.2 Å². The molecule has 2 aliphatic carbocycles. The summed E-state index contributed by atoms with van der Waals surface area (Å²) < 4.78 is 0. The van der Waals surface area contributed by atoms with Crippen LogP contribution in [-0.4, -0.2) is 41.3 Å². The van der Waals surface area contributed by atoms with Crippen LogP contribution in [0.4, 0.5) is 0 Å². The minimum Gasteiger partial charge on any atom is -0.351 e. The number of rotatable bonds is 4. The number of carbonyl (C=O) groups excluding carboxylic acids is 2. The fourth-order valence-electron chi connectivity index (χ4n) is 4.72. The molecule has 3 atom stereocenters. The standard InChI is InChI=1S/C20H27N3O2S/c1-12-18(26-13(2)22-12)19(24)21-11-14-5-7-23(8-6-14)20(25)17-10-15-3-4-16(17)9-15/h3-4,14-17H,5-11H2,1-2H3,(H,21,24)/t15-,16+,17+/m1/s1. The maximum absolute atomic E-state index is 12.8. The zero-order valence-electron chi connectivity index (χ0n) is 15.5. The van der Waals surface area contributed by atoms with Crippen LogP contribution in [0.5, 0.6) is 0 Å². The third-order valence-electron chi connectivity index (χ3n) is 6.18. The predicted molar refractivity (Wildman–Crippen MR) is 102 cm³/mol. The molecule has 1 saturated carbocycles. The summed E-state index contributed by atoms with van der Waals surface area (Å²) in [7, 11) is 0. The molecule has 0 unspecified atom stereocenters. The van der Waals surface area contributed by atoms with E-state index in [0.29, 0.717) is 30.2 Å². The van der Waals surface area contributed by atoms with Gasteiger partial charge in [0, 0.05) is 25.6 Å². The molecule has 1 saturated heterocycles. The van der Waals surface area contributed by atoms with E-state index in [0.717, 1.165) is 47.9 Å². The average molecular weight is 374 g/mol. The molecule has 0 radical (unpaired) electrons. The number of nitrogens with one attached hydrogen (secondary N) is 1. The lowest BCUT2D eigenvalue weighted by Crippen LogP contribution is -2.44. The molecule has 2 bridgehead atoms. The van der Waals surface area contributed by atoms with Gasteiger partial charge in [-0.25, -0.2) is 4.98 Å². The molecular formula is C20H27N3O2S. The van der Waals surface area contributed by atoms with Crippen molar-refractivity contribution in [2.45, 2.75) is 39.5 Å². The smallest absolute Gasteiger partial charge is 0.263 e. The average Bonchev–Trinajstić information content (AvgIpc) is 3.35. The number of allylic oxidation sites excluding steroid dienone is 2. The molecule has 0 spiro atoms. The minimum absolute atomic E-state index is 0.0135. The van der Waals surface area contributed by atoms with Crippen molar-refractivity contribution in [3.63, 3.8) is 0 Å². The van der Waals surface area contributed by atoms with Crippen molar-refractivity contribution in [3.8, 4) is 0 Å². The number of aromatic nitrogens is 1. The van der Waals surface area contributed by atoms with Crippen LogP contribution in [-0.2, 0) is 4.79 Å². The first kappa shape index (κ1) is 17.7. The Labute approximate surface area is 158 Å². The summed E-state index contributed by atoms with van der Waals surface area (Å²) in [5.41, 5.74) is 0.810. The van der Waals surface area contributed by atoms with E-state index in [-0.39, 0.29) is 11.8 Å². The molecule has 1 aromatic rings. The lowest BCUT2D eigenvalue weighted by molar-refractivity contribution is -0.137. The van der Waals surface area contributed by atoms with Crippen LogP contribution in [0.15, 0.2) is 12.2 Å². The van der Waals surface area contributed by atoms with Crippen molar-refractivity contribution in [2.75, 3.05) is 19.6 Å². The van der Waals surface area contributed by atoms with Crippen molar-refractivity contribution in [1.29, 1.82) is 0 Å². The quantitative estimate of drug-likeness (QED) is 0.826. The summed E-state index contributed by atoms with van der Waals surface area (Å²) in [4.78, 5) is 32.2. The number of amides is 2. The van der Waals surface area contributed by atoms with E-state index in [1.165, 1.54) is 17.8 Å². The van der Waals surface area contributed by atoms with Gasteiger partial charge < -0.3 is 10.2 Å². The first-order valence-electron chi connectivity index (χ1n) is 9.70. The summed E-state index contributed by atoms with van der Waals surface area (Å²) in [5.74, 6) is 2.15. The monoisotopic (exact) mass is 373 g/mol. The number of fused-ring (bicyclic) bond motifs is 2. The Morgan fingerprint density at radius 2 is 2.00 bits per heavy atom. The van der Waals surface area contributed by atoms with Gasteiger partial charge in [-0.05, 0) is 57.3 Å². The van der Waals surface area contributed by atoms with Crippen molar-refractivity contribution in [3.05, 3.63) is 27.7 Å².